The minimum atomic E-state index is -1.96. The third kappa shape index (κ3) is 6.44. The van der Waals surface area contributed by atoms with Crippen molar-refractivity contribution in [2.24, 2.45) is 23.7 Å². The summed E-state index contributed by atoms with van der Waals surface area (Å²) in [5.41, 5.74) is 3.95. The van der Waals surface area contributed by atoms with E-state index < -0.39 is 12.9 Å². The summed E-state index contributed by atoms with van der Waals surface area (Å²) >= 11 is 2.11. The molecule has 41 heavy (non-hydrogen) atoms. The Morgan fingerprint density at radius 1 is 1.07 bits per heavy atom. The predicted molar refractivity (Wildman–Crippen MR) is 167 cm³/mol. The van der Waals surface area contributed by atoms with Gasteiger partial charge in [0.05, 0.1) is 0 Å². The summed E-state index contributed by atoms with van der Waals surface area (Å²) in [6.45, 7) is 1.31. The van der Waals surface area contributed by atoms with E-state index in [1.54, 1.807) is 0 Å². The maximum Gasteiger partial charge on any atom is 0.131 e. The van der Waals surface area contributed by atoms with Gasteiger partial charge in [-0.25, -0.2) is 12.0 Å². The van der Waals surface area contributed by atoms with Crippen LogP contribution in [-0.2, 0) is 24.8 Å². The van der Waals surface area contributed by atoms with Gasteiger partial charge in [0.25, 0.3) is 0 Å². The van der Waals surface area contributed by atoms with Crippen molar-refractivity contribution >= 4 is 11.8 Å². The Bertz CT molecular complexity index is 1170. The van der Waals surface area contributed by atoms with Crippen molar-refractivity contribution in [3.8, 4) is 0 Å². The maximum absolute atomic E-state index is 7.80. The van der Waals surface area contributed by atoms with Gasteiger partial charge in [0.2, 0.25) is 0 Å². The molecule has 4 nitrogen and oxygen atoms in total. The summed E-state index contributed by atoms with van der Waals surface area (Å²) in [7, 11) is 0. The number of nitrogens with one attached hydrogen (secondary N) is 1. The molecule has 1 saturated carbocycles. The SMILES string of the molecule is C[C@H]1CC=C(C2=[C-]CCCC2)[N-]C1.[2H]C([2H])([2H])[C@@H]1CCC2C(N1)OC1=C([C@H]3CC=C4SC5CCCCC5C4[N-]3)[CH-]CCC12.[Ir]. The summed E-state index contributed by atoms with van der Waals surface area (Å²) in [4.78, 5) is 1.53. The number of hydrogen-bond donors (Lipinski definition) is 1. The van der Waals surface area contributed by atoms with Gasteiger partial charge in [-0.05, 0) is 55.0 Å². The second-order valence-electron chi connectivity index (χ2n) is 13.4. The normalized spacial score (nSPS) is 42.5. The number of nitrogens with zero attached hydrogens (tertiary/aromatic N) is 2. The van der Waals surface area contributed by atoms with Gasteiger partial charge in [-0.2, -0.15) is 11.6 Å². The van der Waals surface area contributed by atoms with Crippen molar-refractivity contribution in [1.82, 2.24) is 5.32 Å². The Morgan fingerprint density at radius 2 is 2.00 bits per heavy atom. The number of thioether (sulfide) groups is 1. The van der Waals surface area contributed by atoms with Gasteiger partial charge in [-0.3, -0.25) is 11.4 Å². The second kappa shape index (κ2) is 13.6. The van der Waals surface area contributed by atoms with E-state index in [1.807, 2.05) is 0 Å². The molecule has 0 aromatic rings. The standard InChI is InChI=1S/C23H32N2OS.C12H17N.Ir/c1-13-9-10-15-14-6-4-7-16(22(14)26-23(15)24-13)18-11-12-20-21(25-18)17-5-2-3-8-19(17)27-20;1-10-7-8-12(13-9-10)11-5-3-2-4-6-11;/h7,12-15,17-19,21,23-24H,2-6,8-11H2,1H3;8,10H,2-5,7,9H2,1H3;/q2*-2;/t13-,14?,15?,17?,18-,19?,21?,23?;10-;/m10./s1/i1D3;;. The van der Waals surface area contributed by atoms with E-state index in [-0.39, 0.29) is 32.4 Å². The van der Waals surface area contributed by atoms with E-state index in [9.17, 15) is 0 Å². The van der Waals surface area contributed by atoms with Gasteiger partial charge in [-0.15, -0.1) is 37.2 Å². The van der Waals surface area contributed by atoms with Gasteiger partial charge >= 0.3 is 0 Å². The third-order valence-corrected chi connectivity index (χ3v) is 12.1. The van der Waals surface area contributed by atoms with E-state index >= 15 is 0 Å². The molecule has 1 N–H and O–H groups in total. The van der Waals surface area contributed by atoms with Crippen LogP contribution in [-0.4, -0.2) is 36.1 Å². The van der Waals surface area contributed by atoms with Gasteiger partial charge in [0, 0.05) is 41.4 Å². The van der Waals surface area contributed by atoms with Crippen LogP contribution in [0.3, 0.4) is 0 Å². The van der Waals surface area contributed by atoms with E-state index in [0.29, 0.717) is 24.3 Å². The number of rotatable bonds is 2. The molecule has 9 atom stereocenters. The minimum absolute atomic E-state index is 0. The molecular formula is C35H49IrN3OS-4. The van der Waals surface area contributed by atoms with Gasteiger partial charge in [-0.1, -0.05) is 76.3 Å². The summed E-state index contributed by atoms with van der Waals surface area (Å²) in [6.07, 6.45) is 26.9. The molecule has 229 valence electrons. The predicted octanol–water partition coefficient (Wildman–Crippen LogP) is 8.89. The molecule has 6 unspecified atom stereocenters. The Labute approximate surface area is 271 Å². The maximum atomic E-state index is 7.80. The first-order chi connectivity index (χ1) is 20.8. The van der Waals surface area contributed by atoms with Gasteiger partial charge < -0.3 is 21.1 Å². The molecule has 1 radical (unpaired) electrons. The molecule has 0 spiro atoms. The quantitative estimate of drug-likeness (QED) is 0.287. The second-order valence-corrected chi connectivity index (χ2v) is 14.7. The number of ether oxygens (including phenoxy) is 1. The first kappa shape index (κ1) is 26.7. The Balaban J connectivity index is 0.000000207. The van der Waals surface area contributed by atoms with E-state index in [1.165, 1.54) is 73.1 Å². The smallest absolute Gasteiger partial charge is 0.131 e. The van der Waals surface area contributed by atoms with Crippen LogP contribution in [0.1, 0.15) is 108 Å². The van der Waals surface area contributed by atoms with Crippen molar-refractivity contribution in [3.05, 3.63) is 62.8 Å². The molecule has 0 amide bonds. The minimum Gasteiger partial charge on any atom is -0.769 e. The van der Waals surface area contributed by atoms with Crippen LogP contribution in [0.15, 0.2) is 39.7 Å². The fourth-order valence-corrected chi connectivity index (χ4v) is 10.0. The monoisotopic (exact) mass is 755 g/mol. The number of hydrogen-bond acceptors (Lipinski definition) is 3. The van der Waals surface area contributed by atoms with Crippen LogP contribution < -0.4 is 5.32 Å². The average Bonchev–Trinajstić information content (AvgIpc) is 3.59. The molecule has 3 saturated heterocycles. The van der Waals surface area contributed by atoms with Crippen LogP contribution in [0.2, 0.25) is 0 Å². The Morgan fingerprint density at radius 3 is 2.83 bits per heavy atom. The van der Waals surface area contributed by atoms with E-state index in [2.05, 4.69) is 54.0 Å². The Hall–Kier alpha value is -0.651. The molecule has 0 bridgehead atoms. The molecule has 5 heterocycles. The Kier molecular flexibility index (Phi) is 8.83. The fourth-order valence-electron chi connectivity index (χ4n) is 8.34. The molecule has 6 heteroatoms. The molecule has 0 aromatic heterocycles. The van der Waals surface area contributed by atoms with Crippen molar-refractivity contribution in [3.63, 3.8) is 0 Å². The van der Waals surface area contributed by atoms with Gasteiger partial charge in [0.1, 0.15) is 6.23 Å². The van der Waals surface area contributed by atoms with E-state index in [0.717, 1.165) is 61.5 Å². The number of allylic oxidation sites excluding steroid dienone is 4. The molecule has 0 aromatic carbocycles. The molecule has 8 rings (SSSR count). The average molecular weight is 755 g/mol. The third-order valence-electron chi connectivity index (χ3n) is 10.5. The van der Waals surface area contributed by atoms with Crippen LogP contribution in [0.5, 0.6) is 0 Å². The van der Waals surface area contributed by atoms with E-state index in [4.69, 9.17) is 14.2 Å². The summed E-state index contributed by atoms with van der Waals surface area (Å²) in [5.74, 6) is 3.44. The molecule has 8 aliphatic rings. The summed E-state index contributed by atoms with van der Waals surface area (Å²) in [5, 5.41) is 14.1. The zero-order valence-electron chi connectivity index (χ0n) is 27.6. The molecule has 4 fully saturated rings. The molecule has 5 aliphatic heterocycles. The zero-order valence-corrected chi connectivity index (χ0v) is 27.8. The van der Waals surface area contributed by atoms with Crippen LogP contribution in [0, 0.1) is 36.2 Å². The first-order valence-corrected chi connectivity index (χ1v) is 17.3. The van der Waals surface area contributed by atoms with Crippen LogP contribution in [0.4, 0.5) is 0 Å². The summed E-state index contributed by atoms with van der Waals surface area (Å²) < 4.78 is 29.9. The van der Waals surface area contributed by atoms with Crippen molar-refractivity contribution in [1.29, 1.82) is 0 Å². The largest absolute Gasteiger partial charge is 0.769 e. The molecule has 3 aliphatic carbocycles. The fraction of sp³-hybridized carbons (Fsp3) is 0.743. The number of fused-ring (bicyclic) bond motifs is 6. The summed E-state index contributed by atoms with van der Waals surface area (Å²) in [6, 6.07) is 0.176. The van der Waals surface area contributed by atoms with Crippen LogP contribution in [0.25, 0.3) is 10.6 Å². The van der Waals surface area contributed by atoms with Gasteiger partial charge in [0.15, 0.2) is 0 Å². The number of piperidine rings is 1. The van der Waals surface area contributed by atoms with Crippen molar-refractivity contribution in [2.75, 3.05) is 6.54 Å². The van der Waals surface area contributed by atoms with Crippen molar-refractivity contribution < 1.29 is 29.0 Å². The first-order valence-electron chi connectivity index (χ1n) is 17.9. The van der Waals surface area contributed by atoms with Crippen molar-refractivity contribution in [2.45, 2.75) is 133 Å². The molecular weight excluding hydrogens is 703 g/mol. The zero-order chi connectivity index (χ0) is 29.6. The van der Waals surface area contributed by atoms with Crippen LogP contribution >= 0.6 is 11.8 Å². The topological polar surface area (TPSA) is 49.5 Å².